The normalized spacial score (nSPS) is 44.8. The fourth-order valence-corrected chi connectivity index (χ4v) is 10.2. The first-order chi connectivity index (χ1) is 20.8. The summed E-state index contributed by atoms with van der Waals surface area (Å²) < 4.78 is 37.5. The average molecular weight is 613 g/mol. The molecule has 0 radical (unpaired) electrons. The average Bonchev–Trinajstić information content (AvgIpc) is 3.69. The fourth-order valence-electron chi connectivity index (χ4n) is 10.2. The minimum atomic E-state index is -0.878. The number of rotatable bonds is 6. The molecule has 242 valence electrons. The third kappa shape index (κ3) is 4.40. The van der Waals surface area contributed by atoms with Gasteiger partial charge < -0.3 is 33.2 Å². The maximum Gasteiger partial charge on any atom is 0.333 e. The number of aliphatic hydroxyl groups is 1. The SMILES string of the molecule is C/C=C(\C)C(=O)O[C@H]1C[C@@H](OC(C)=O)[C@@]2(C)CO[C@H]3[C@@H](O)[C@@]4(C)C5=C(C)[C@H](c6ccoc6)C[C@@H]5O[C@@H](OCC)C[C@@H]4[C@]1(C)[C@@H]32. The highest BCUT2D eigenvalue weighted by atomic mass is 16.7. The Kier molecular flexibility index (Phi) is 7.96. The van der Waals surface area contributed by atoms with Gasteiger partial charge in [-0.25, -0.2) is 4.79 Å². The zero-order valence-electron chi connectivity index (χ0n) is 27.3. The van der Waals surface area contributed by atoms with E-state index in [1.165, 1.54) is 6.92 Å². The Labute approximate surface area is 260 Å². The number of esters is 2. The van der Waals surface area contributed by atoms with Crippen molar-refractivity contribution in [2.45, 2.75) is 117 Å². The lowest BCUT2D eigenvalue weighted by molar-refractivity contribution is -0.260. The number of furan rings is 1. The van der Waals surface area contributed by atoms with Crippen LogP contribution in [0.25, 0.3) is 0 Å². The lowest BCUT2D eigenvalue weighted by Gasteiger charge is -2.66. The molecule has 3 heterocycles. The van der Waals surface area contributed by atoms with Crippen molar-refractivity contribution >= 4 is 11.9 Å². The van der Waals surface area contributed by atoms with Gasteiger partial charge in [0, 0.05) is 60.0 Å². The maximum atomic E-state index is 13.4. The lowest BCUT2D eigenvalue weighted by Crippen LogP contribution is -2.71. The van der Waals surface area contributed by atoms with Gasteiger partial charge >= 0.3 is 11.9 Å². The fraction of sp³-hybridized carbons (Fsp3) is 0.714. The lowest BCUT2D eigenvalue weighted by atomic mass is 9.39. The van der Waals surface area contributed by atoms with E-state index in [1.807, 2.05) is 19.9 Å². The minimum absolute atomic E-state index is 0.0739. The van der Waals surface area contributed by atoms with E-state index < -0.39 is 58.9 Å². The largest absolute Gasteiger partial charge is 0.472 e. The zero-order valence-corrected chi connectivity index (χ0v) is 27.3. The van der Waals surface area contributed by atoms with Gasteiger partial charge in [0.2, 0.25) is 0 Å². The van der Waals surface area contributed by atoms with E-state index >= 15 is 0 Å². The molecule has 2 saturated heterocycles. The van der Waals surface area contributed by atoms with Crippen LogP contribution < -0.4 is 0 Å². The van der Waals surface area contributed by atoms with Gasteiger partial charge in [-0.15, -0.1) is 0 Å². The monoisotopic (exact) mass is 612 g/mol. The maximum absolute atomic E-state index is 13.4. The second-order valence-corrected chi connectivity index (χ2v) is 14.3. The molecule has 1 aromatic rings. The van der Waals surface area contributed by atoms with Crippen molar-refractivity contribution in [2.75, 3.05) is 13.2 Å². The summed E-state index contributed by atoms with van der Waals surface area (Å²) in [5.41, 5.74) is 1.77. The summed E-state index contributed by atoms with van der Waals surface area (Å²) in [5, 5.41) is 12.6. The second kappa shape index (κ2) is 11.1. The number of allylic oxidation sites excluding steroid dienone is 2. The van der Waals surface area contributed by atoms with Gasteiger partial charge in [0.15, 0.2) is 6.29 Å². The van der Waals surface area contributed by atoms with Crippen LogP contribution >= 0.6 is 0 Å². The zero-order chi connectivity index (χ0) is 31.8. The molecule has 0 amide bonds. The van der Waals surface area contributed by atoms with Crippen molar-refractivity contribution < 1.29 is 42.8 Å². The Morgan fingerprint density at radius 1 is 1.11 bits per heavy atom. The summed E-state index contributed by atoms with van der Waals surface area (Å²) in [6, 6.07) is 2.00. The summed E-state index contributed by atoms with van der Waals surface area (Å²) in [4.78, 5) is 25.8. The van der Waals surface area contributed by atoms with Gasteiger partial charge in [0.1, 0.15) is 12.2 Å². The number of fused-ring (bicyclic) bond motifs is 4. The Morgan fingerprint density at radius 3 is 2.50 bits per heavy atom. The Hall–Kier alpha value is -2.46. The highest BCUT2D eigenvalue weighted by molar-refractivity contribution is 5.87. The molecule has 2 aliphatic heterocycles. The van der Waals surface area contributed by atoms with Gasteiger partial charge in [-0.1, -0.05) is 32.4 Å². The number of carbonyl (C=O) groups is 2. The van der Waals surface area contributed by atoms with Crippen LogP contribution in [0.4, 0.5) is 0 Å². The summed E-state index contributed by atoms with van der Waals surface area (Å²) in [5.74, 6) is -1.20. The first kappa shape index (κ1) is 31.5. The molecule has 0 spiro atoms. The summed E-state index contributed by atoms with van der Waals surface area (Å²) in [7, 11) is 0. The highest BCUT2D eigenvalue weighted by Crippen LogP contribution is 2.72. The van der Waals surface area contributed by atoms with E-state index in [1.54, 1.807) is 25.5 Å². The predicted octanol–water partition coefficient (Wildman–Crippen LogP) is 5.47. The van der Waals surface area contributed by atoms with Crippen LogP contribution in [0.2, 0.25) is 0 Å². The van der Waals surface area contributed by atoms with Gasteiger partial charge in [-0.3, -0.25) is 4.79 Å². The quantitative estimate of drug-likeness (QED) is 0.254. The molecule has 9 heteroatoms. The van der Waals surface area contributed by atoms with Gasteiger partial charge in [-0.2, -0.15) is 0 Å². The van der Waals surface area contributed by atoms with Gasteiger partial charge in [0.25, 0.3) is 0 Å². The van der Waals surface area contributed by atoms with Crippen molar-refractivity contribution in [3.63, 3.8) is 0 Å². The number of aliphatic hydroxyl groups excluding tert-OH is 1. The number of hydrogen-bond acceptors (Lipinski definition) is 9. The van der Waals surface area contributed by atoms with Crippen LogP contribution in [0.15, 0.2) is 45.8 Å². The molecule has 0 bridgehead atoms. The van der Waals surface area contributed by atoms with E-state index in [9.17, 15) is 14.7 Å². The standard InChI is InChI=1S/C35H48O9/c1-9-18(3)32(38)44-26-15-25(42-20(5)36)33(6)17-41-29-30(33)34(26,7)24-14-27(40-10-2)43-23-13-22(21-11-12-39-16-21)19(4)28(23)35(24,8)31(29)37/h9,11-12,16,22-27,29-31,37H,10,13-15,17H2,1-8H3/b18-9+/t22-,23+,24-,25-,26+,27-,29-,30+,31-,33-,34+,35-/m1/s1. The van der Waals surface area contributed by atoms with Crippen LogP contribution in [0, 0.1) is 28.1 Å². The highest BCUT2D eigenvalue weighted by Gasteiger charge is 2.76. The van der Waals surface area contributed by atoms with E-state index in [0.717, 1.165) is 23.1 Å². The van der Waals surface area contributed by atoms with Gasteiger partial charge in [-0.05, 0) is 57.2 Å². The first-order valence-corrected chi connectivity index (χ1v) is 16.1. The molecule has 0 unspecified atom stereocenters. The molecule has 1 aromatic heterocycles. The topological polar surface area (TPSA) is 114 Å². The Balaban J connectivity index is 1.56. The smallest absolute Gasteiger partial charge is 0.333 e. The molecule has 6 rings (SSSR count). The van der Waals surface area contributed by atoms with Crippen molar-refractivity contribution in [3.8, 4) is 0 Å². The predicted molar refractivity (Wildman–Crippen MR) is 160 cm³/mol. The number of hydrogen-bond donors (Lipinski definition) is 1. The molecular weight excluding hydrogens is 564 g/mol. The van der Waals surface area contributed by atoms with Crippen molar-refractivity contribution in [1.29, 1.82) is 0 Å². The summed E-state index contributed by atoms with van der Waals surface area (Å²) in [6.45, 7) is 16.3. The van der Waals surface area contributed by atoms with Crippen LogP contribution in [0.3, 0.4) is 0 Å². The van der Waals surface area contributed by atoms with Gasteiger partial charge in [0.05, 0.1) is 37.4 Å². The molecule has 4 fully saturated rings. The Bertz CT molecular complexity index is 1350. The van der Waals surface area contributed by atoms with Crippen LogP contribution in [0.1, 0.15) is 86.1 Å². The Morgan fingerprint density at radius 2 is 1.86 bits per heavy atom. The van der Waals surface area contributed by atoms with E-state index in [4.69, 9.17) is 28.1 Å². The summed E-state index contributed by atoms with van der Waals surface area (Å²) in [6.07, 6.45) is 3.41. The first-order valence-electron chi connectivity index (χ1n) is 16.1. The van der Waals surface area contributed by atoms with E-state index in [0.29, 0.717) is 31.6 Å². The molecule has 44 heavy (non-hydrogen) atoms. The number of carbonyl (C=O) groups excluding carboxylic acids is 2. The van der Waals surface area contributed by atoms with Crippen LogP contribution in [-0.2, 0) is 33.3 Å². The molecule has 2 saturated carbocycles. The van der Waals surface area contributed by atoms with Crippen LogP contribution in [0.5, 0.6) is 0 Å². The van der Waals surface area contributed by atoms with Crippen LogP contribution in [-0.4, -0.2) is 67.1 Å². The molecule has 3 aliphatic carbocycles. The molecule has 5 aliphatic rings. The molecular formula is C35H48O9. The minimum Gasteiger partial charge on any atom is -0.472 e. The third-order valence-electron chi connectivity index (χ3n) is 12.2. The van der Waals surface area contributed by atoms with E-state index in [2.05, 4.69) is 27.7 Å². The van der Waals surface area contributed by atoms with Crippen molar-refractivity contribution in [1.82, 2.24) is 0 Å². The van der Waals surface area contributed by atoms with Crippen molar-refractivity contribution in [2.24, 2.45) is 28.1 Å². The third-order valence-corrected chi connectivity index (χ3v) is 12.2. The van der Waals surface area contributed by atoms with Crippen molar-refractivity contribution in [3.05, 3.63) is 47.0 Å². The second-order valence-electron chi connectivity index (χ2n) is 14.3. The number of ether oxygens (including phenoxy) is 5. The summed E-state index contributed by atoms with van der Waals surface area (Å²) >= 11 is 0. The van der Waals surface area contributed by atoms with E-state index in [-0.39, 0.29) is 23.9 Å². The molecule has 0 aromatic carbocycles. The molecule has 1 N–H and O–H groups in total. The molecule has 9 nitrogen and oxygen atoms in total. The molecule has 12 atom stereocenters.